The fourth-order valence-electron chi connectivity index (χ4n) is 2.53. The smallest absolute Gasteiger partial charge is 0.128 e. The summed E-state index contributed by atoms with van der Waals surface area (Å²) in [6.45, 7) is 0. The van der Waals surface area contributed by atoms with Gasteiger partial charge in [-0.3, -0.25) is 0 Å². The summed E-state index contributed by atoms with van der Waals surface area (Å²) >= 11 is 6.75. The Kier molecular flexibility index (Phi) is 4.83. The van der Waals surface area contributed by atoms with E-state index in [2.05, 4.69) is 43.4 Å². The summed E-state index contributed by atoms with van der Waals surface area (Å²) in [6, 6.07) is 14.8. The number of rotatable bonds is 4. The lowest BCUT2D eigenvalue weighted by Gasteiger charge is -2.06. The Morgan fingerprint density at radius 1 is 1.00 bits per heavy atom. The summed E-state index contributed by atoms with van der Waals surface area (Å²) in [7, 11) is 0. The number of hydrogen-bond donors (Lipinski definition) is 0. The van der Waals surface area contributed by atoms with Crippen molar-refractivity contribution in [1.29, 1.82) is 0 Å². The molecule has 0 bridgehead atoms. The molecule has 0 aliphatic rings. The average Bonchev–Trinajstić information content (AvgIpc) is 3.07. The topological polar surface area (TPSA) is 25.8 Å². The molecule has 0 amide bonds. The molecule has 0 N–H and O–H groups in total. The van der Waals surface area contributed by atoms with Crippen molar-refractivity contribution in [3.63, 3.8) is 0 Å². The van der Waals surface area contributed by atoms with E-state index in [0.29, 0.717) is 0 Å². The number of aromatic nitrogens is 2. The van der Waals surface area contributed by atoms with Crippen molar-refractivity contribution < 1.29 is 4.39 Å². The molecule has 0 saturated heterocycles. The third kappa shape index (κ3) is 3.61. The van der Waals surface area contributed by atoms with E-state index in [9.17, 15) is 4.39 Å². The molecule has 2 aromatic heterocycles. The first-order chi connectivity index (χ1) is 12.2. The number of nitrogens with zero attached hydrogens (tertiary/aromatic N) is 2. The summed E-state index contributed by atoms with van der Waals surface area (Å²) in [5.41, 5.74) is 3.36. The first-order valence-electron chi connectivity index (χ1n) is 7.56. The molecule has 2 nitrogen and oxygen atoms in total. The van der Waals surface area contributed by atoms with Gasteiger partial charge in [0.1, 0.15) is 22.0 Å². The minimum Gasteiger partial charge on any atom is -0.229 e. The quantitative estimate of drug-likeness (QED) is 0.271. The second-order valence-electron chi connectivity index (χ2n) is 5.43. The molecule has 0 aliphatic carbocycles. The fourth-order valence-corrected chi connectivity index (χ4v) is 4.74. The third-order valence-corrected chi connectivity index (χ3v) is 6.26. The third-order valence-electron chi connectivity index (χ3n) is 3.78. The van der Waals surface area contributed by atoms with Gasteiger partial charge in [-0.1, -0.05) is 40.2 Å². The zero-order valence-electron chi connectivity index (χ0n) is 12.9. The van der Waals surface area contributed by atoms with E-state index in [1.807, 2.05) is 24.3 Å². The van der Waals surface area contributed by atoms with Crippen molar-refractivity contribution in [1.82, 2.24) is 9.97 Å². The molecule has 2 aromatic carbocycles. The van der Waals surface area contributed by atoms with Crippen molar-refractivity contribution in [2.45, 2.75) is 10.8 Å². The van der Waals surface area contributed by atoms with Crippen LogP contribution in [0.15, 0.2) is 69.7 Å². The lowest BCUT2D eigenvalue weighted by Crippen LogP contribution is -1.88. The molecule has 6 heteroatoms. The van der Waals surface area contributed by atoms with Crippen LogP contribution in [-0.4, -0.2) is 9.97 Å². The zero-order valence-corrected chi connectivity index (χ0v) is 16.2. The molecule has 4 aromatic rings. The highest BCUT2D eigenvalue weighted by Gasteiger charge is 2.13. The van der Waals surface area contributed by atoms with Crippen LogP contribution in [0.5, 0.6) is 0 Å². The van der Waals surface area contributed by atoms with Crippen LogP contribution in [0.1, 0.15) is 5.56 Å². The highest BCUT2D eigenvalue weighted by atomic mass is 79.9. The average molecular weight is 431 g/mol. The van der Waals surface area contributed by atoms with Gasteiger partial charge in [-0.15, -0.1) is 23.1 Å². The highest BCUT2D eigenvalue weighted by Crippen LogP contribution is 2.38. The van der Waals surface area contributed by atoms with Crippen LogP contribution in [-0.2, 0) is 5.75 Å². The van der Waals surface area contributed by atoms with Crippen LogP contribution in [0.25, 0.3) is 21.3 Å². The lowest BCUT2D eigenvalue weighted by atomic mass is 10.1. The number of benzene rings is 2. The van der Waals surface area contributed by atoms with Crippen molar-refractivity contribution >= 4 is 49.2 Å². The van der Waals surface area contributed by atoms with Gasteiger partial charge in [0.2, 0.25) is 0 Å². The van der Waals surface area contributed by atoms with E-state index in [-0.39, 0.29) is 5.82 Å². The van der Waals surface area contributed by atoms with Gasteiger partial charge < -0.3 is 0 Å². The van der Waals surface area contributed by atoms with E-state index < -0.39 is 0 Å². The van der Waals surface area contributed by atoms with Crippen LogP contribution in [0.3, 0.4) is 0 Å². The summed E-state index contributed by atoms with van der Waals surface area (Å²) < 4.78 is 14.1. The summed E-state index contributed by atoms with van der Waals surface area (Å²) in [5.74, 6) is 0.524. The van der Waals surface area contributed by atoms with Gasteiger partial charge in [0.15, 0.2) is 0 Å². The molecule has 25 heavy (non-hydrogen) atoms. The van der Waals surface area contributed by atoms with Gasteiger partial charge in [-0.2, -0.15) is 0 Å². The van der Waals surface area contributed by atoms with Gasteiger partial charge in [0, 0.05) is 21.2 Å². The molecule has 0 radical (unpaired) electrons. The largest absolute Gasteiger partial charge is 0.229 e. The number of thiophene rings is 1. The normalized spacial score (nSPS) is 11.1. The maximum Gasteiger partial charge on any atom is 0.128 e. The Balaban J connectivity index is 1.70. The molecule has 0 spiro atoms. The molecular formula is C19H12BrFN2S2. The van der Waals surface area contributed by atoms with Gasteiger partial charge in [0.25, 0.3) is 0 Å². The van der Waals surface area contributed by atoms with Crippen molar-refractivity contribution in [3.05, 3.63) is 76.1 Å². The Labute approximate surface area is 161 Å². The molecular weight excluding hydrogens is 419 g/mol. The van der Waals surface area contributed by atoms with Crippen molar-refractivity contribution in [2.75, 3.05) is 0 Å². The van der Waals surface area contributed by atoms with Gasteiger partial charge in [0.05, 0.1) is 5.39 Å². The minimum absolute atomic E-state index is 0.214. The van der Waals surface area contributed by atoms with Crippen LogP contribution in [0, 0.1) is 5.82 Å². The van der Waals surface area contributed by atoms with Crippen LogP contribution in [0.4, 0.5) is 4.39 Å². The number of fused-ring (bicyclic) bond motifs is 1. The van der Waals surface area contributed by atoms with E-state index in [1.165, 1.54) is 12.1 Å². The van der Waals surface area contributed by atoms with Crippen LogP contribution < -0.4 is 0 Å². The predicted molar refractivity (Wildman–Crippen MR) is 107 cm³/mol. The molecule has 0 atom stereocenters. The maximum absolute atomic E-state index is 13.1. The first-order valence-corrected chi connectivity index (χ1v) is 10.2. The second-order valence-corrected chi connectivity index (χ2v) is 8.17. The van der Waals surface area contributed by atoms with Crippen molar-refractivity contribution in [2.24, 2.45) is 0 Å². The standard InChI is InChI=1S/C19H12BrFN2S2/c20-14-5-3-13(4-6-14)16-10-25-19-17(16)18(22-11-23-19)24-9-12-1-7-15(21)8-2-12/h1-8,10-11H,9H2. The summed E-state index contributed by atoms with van der Waals surface area (Å²) in [6.07, 6.45) is 1.61. The molecule has 0 saturated carbocycles. The van der Waals surface area contributed by atoms with Gasteiger partial charge in [-0.05, 0) is 35.4 Å². The summed E-state index contributed by atoms with van der Waals surface area (Å²) in [4.78, 5) is 9.88. The minimum atomic E-state index is -0.214. The van der Waals surface area contributed by atoms with E-state index in [0.717, 1.165) is 42.2 Å². The molecule has 124 valence electrons. The Morgan fingerprint density at radius 3 is 2.52 bits per heavy atom. The van der Waals surface area contributed by atoms with Gasteiger partial charge >= 0.3 is 0 Å². The molecule has 0 fully saturated rings. The first kappa shape index (κ1) is 16.7. The zero-order chi connectivity index (χ0) is 17.2. The van der Waals surface area contributed by atoms with E-state index >= 15 is 0 Å². The SMILES string of the molecule is Fc1ccc(CSc2ncnc3scc(-c4ccc(Br)cc4)c23)cc1. The van der Waals surface area contributed by atoms with E-state index in [4.69, 9.17) is 0 Å². The number of thioether (sulfide) groups is 1. The van der Waals surface area contributed by atoms with Crippen LogP contribution in [0.2, 0.25) is 0 Å². The second kappa shape index (κ2) is 7.23. The fraction of sp³-hybridized carbons (Fsp3) is 0.0526. The molecule has 4 rings (SSSR count). The highest BCUT2D eigenvalue weighted by molar-refractivity contribution is 9.10. The predicted octanol–water partition coefficient (Wildman–Crippen LogP) is 6.55. The Morgan fingerprint density at radius 2 is 1.76 bits per heavy atom. The monoisotopic (exact) mass is 430 g/mol. The molecule has 0 unspecified atom stereocenters. The Hall–Kier alpha value is -1.76. The number of halogens is 2. The van der Waals surface area contributed by atoms with E-state index in [1.54, 1.807) is 29.4 Å². The van der Waals surface area contributed by atoms with Crippen LogP contribution >= 0.6 is 39.0 Å². The lowest BCUT2D eigenvalue weighted by molar-refractivity contribution is 0.627. The molecule has 0 aliphatic heterocycles. The summed E-state index contributed by atoms with van der Waals surface area (Å²) in [5, 5.41) is 4.17. The van der Waals surface area contributed by atoms with Gasteiger partial charge in [-0.25, -0.2) is 14.4 Å². The maximum atomic E-state index is 13.1. The number of hydrogen-bond acceptors (Lipinski definition) is 4. The molecule has 2 heterocycles. The van der Waals surface area contributed by atoms with Crippen molar-refractivity contribution in [3.8, 4) is 11.1 Å². The Bertz CT molecular complexity index is 1010.